The molecule has 0 aliphatic carbocycles. The Kier molecular flexibility index (Phi) is 4.01. The molecule has 2 aromatic heterocycles. The van der Waals surface area contributed by atoms with Gasteiger partial charge in [0.25, 0.3) is 0 Å². The molecule has 0 saturated carbocycles. The largest absolute Gasteiger partial charge is 0.355 e. The molecule has 4 nitrogen and oxygen atoms in total. The topological polar surface area (TPSA) is 46.9 Å². The molecule has 0 fully saturated rings. The Bertz CT molecular complexity index is 746. The second-order valence-electron chi connectivity index (χ2n) is 4.84. The fraction of sp³-hybridized carbons (Fsp3) is 0.250. The first-order valence-electron chi connectivity index (χ1n) is 7.05. The van der Waals surface area contributed by atoms with Crippen LogP contribution in [0, 0.1) is 0 Å². The molecule has 1 amide bonds. The van der Waals surface area contributed by atoms with Crippen molar-refractivity contribution in [3.63, 3.8) is 0 Å². The minimum Gasteiger partial charge on any atom is -0.355 e. The van der Waals surface area contributed by atoms with E-state index in [0.717, 1.165) is 28.2 Å². The van der Waals surface area contributed by atoms with Gasteiger partial charge in [-0.3, -0.25) is 4.79 Å². The molecule has 2 heterocycles. The third kappa shape index (κ3) is 2.83. The average Bonchev–Trinajstić information content (AvgIpc) is 3.13. The highest BCUT2D eigenvalue weighted by atomic mass is 32.1. The van der Waals surface area contributed by atoms with Crippen LogP contribution in [0.5, 0.6) is 0 Å². The summed E-state index contributed by atoms with van der Waals surface area (Å²) < 4.78 is 1.99. The van der Waals surface area contributed by atoms with Crippen molar-refractivity contribution in [2.45, 2.75) is 19.9 Å². The smallest absolute Gasteiger partial charge is 0.240 e. The van der Waals surface area contributed by atoms with Crippen LogP contribution in [0.1, 0.15) is 13.3 Å². The lowest BCUT2D eigenvalue weighted by Crippen LogP contribution is -2.28. The number of carbonyl (C=O) groups is 1. The van der Waals surface area contributed by atoms with Gasteiger partial charge in [0, 0.05) is 6.54 Å². The van der Waals surface area contributed by atoms with Gasteiger partial charge in [0.1, 0.15) is 6.54 Å². The number of thiophene rings is 1. The monoisotopic (exact) mass is 299 g/mol. The number of hydrogen-bond acceptors (Lipinski definition) is 3. The highest BCUT2D eigenvalue weighted by Gasteiger charge is 2.15. The van der Waals surface area contributed by atoms with E-state index in [4.69, 9.17) is 0 Å². The van der Waals surface area contributed by atoms with E-state index in [1.807, 2.05) is 53.3 Å². The minimum atomic E-state index is 0.0257. The lowest BCUT2D eigenvalue weighted by Gasteiger charge is -2.08. The molecule has 3 rings (SSSR count). The zero-order valence-electron chi connectivity index (χ0n) is 11.9. The number of rotatable bonds is 5. The average molecular weight is 299 g/mol. The predicted octanol–water partition coefficient (Wildman–Crippen LogP) is 3.29. The highest BCUT2D eigenvalue weighted by Crippen LogP contribution is 2.27. The zero-order valence-corrected chi connectivity index (χ0v) is 12.7. The fourth-order valence-corrected chi connectivity index (χ4v) is 3.02. The van der Waals surface area contributed by atoms with Crippen LogP contribution >= 0.6 is 11.3 Å². The van der Waals surface area contributed by atoms with Gasteiger partial charge < -0.3 is 9.88 Å². The molecule has 0 aliphatic rings. The molecule has 0 radical (unpaired) electrons. The Morgan fingerprint density at radius 2 is 2.14 bits per heavy atom. The van der Waals surface area contributed by atoms with E-state index in [1.54, 1.807) is 11.3 Å². The molecule has 21 heavy (non-hydrogen) atoms. The molecule has 1 aromatic carbocycles. The number of amides is 1. The number of nitrogens with one attached hydrogen (secondary N) is 1. The summed E-state index contributed by atoms with van der Waals surface area (Å²) in [5.74, 6) is 0.885. The van der Waals surface area contributed by atoms with Crippen LogP contribution in [0.15, 0.2) is 41.8 Å². The number of nitrogens with zero attached hydrogens (tertiary/aromatic N) is 2. The molecule has 3 aromatic rings. The Hall–Kier alpha value is -2.14. The SMILES string of the molecule is CCCNC(=O)Cn1c(-c2cccs2)nc2ccccc21. The molecule has 108 valence electrons. The summed E-state index contributed by atoms with van der Waals surface area (Å²) in [5.41, 5.74) is 1.91. The molecular weight excluding hydrogens is 282 g/mol. The van der Waals surface area contributed by atoms with Crippen molar-refractivity contribution in [1.29, 1.82) is 0 Å². The van der Waals surface area contributed by atoms with Crippen molar-refractivity contribution in [2.24, 2.45) is 0 Å². The number of fused-ring (bicyclic) bond motifs is 1. The van der Waals surface area contributed by atoms with Crippen molar-refractivity contribution in [3.05, 3.63) is 41.8 Å². The third-order valence-corrected chi connectivity index (χ3v) is 4.14. The van der Waals surface area contributed by atoms with Gasteiger partial charge in [0.15, 0.2) is 5.82 Å². The number of para-hydroxylation sites is 2. The van der Waals surface area contributed by atoms with E-state index >= 15 is 0 Å². The van der Waals surface area contributed by atoms with Crippen molar-refractivity contribution in [1.82, 2.24) is 14.9 Å². The lowest BCUT2D eigenvalue weighted by atomic mass is 10.3. The molecule has 1 N–H and O–H groups in total. The normalized spacial score (nSPS) is 10.9. The van der Waals surface area contributed by atoms with E-state index in [1.165, 1.54) is 0 Å². The summed E-state index contributed by atoms with van der Waals surface area (Å²) in [4.78, 5) is 17.8. The summed E-state index contributed by atoms with van der Waals surface area (Å²) in [6.45, 7) is 3.05. The van der Waals surface area contributed by atoms with Crippen LogP contribution in [0.2, 0.25) is 0 Å². The quantitative estimate of drug-likeness (QED) is 0.786. The van der Waals surface area contributed by atoms with Crippen LogP contribution in [0.25, 0.3) is 21.7 Å². The van der Waals surface area contributed by atoms with Crippen LogP contribution in [0.3, 0.4) is 0 Å². The van der Waals surface area contributed by atoms with Gasteiger partial charge in [-0.15, -0.1) is 11.3 Å². The number of carbonyl (C=O) groups excluding carboxylic acids is 1. The van der Waals surface area contributed by atoms with Gasteiger partial charge in [0.2, 0.25) is 5.91 Å². The molecule has 0 saturated heterocycles. The molecule has 0 unspecified atom stereocenters. The van der Waals surface area contributed by atoms with Gasteiger partial charge in [-0.25, -0.2) is 4.98 Å². The first-order chi connectivity index (χ1) is 10.3. The van der Waals surface area contributed by atoms with Crippen LogP contribution in [-0.4, -0.2) is 22.0 Å². The Balaban J connectivity index is 2.02. The van der Waals surface area contributed by atoms with Crippen LogP contribution in [0.4, 0.5) is 0 Å². The summed E-state index contributed by atoms with van der Waals surface area (Å²) >= 11 is 1.64. The Labute approximate surface area is 127 Å². The van der Waals surface area contributed by atoms with Crippen LogP contribution < -0.4 is 5.32 Å². The first-order valence-corrected chi connectivity index (χ1v) is 7.93. The molecule has 0 bridgehead atoms. The molecule has 0 atom stereocenters. The third-order valence-electron chi connectivity index (χ3n) is 3.27. The van der Waals surface area contributed by atoms with E-state index < -0.39 is 0 Å². The summed E-state index contributed by atoms with van der Waals surface area (Å²) in [6, 6.07) is 12.0. The molecule has 5 heteroatoms. The van der Waals surface area contributed by atoms with Gasteiger partial charge in [0.05, 0.1) is 15.9 Å². The number of imidazole rings is 1. The summed E-state index contributed by atoms with van der Waals surface area (Å²) in [6.07, 6.45) is 0.939. The molecular formula is C16H17N3OS. The zero-order chi connectivity index (χ0) is 14.7. The van der Waals surface area contributed by atoms with Gasteiger partial charge >= 0.3 is 0 Å². The number of aromatic nitrogens is 2. The Morgan fingerprint density at radius 1 is 1.29 bits per heavy atom. The fourth-order valence-electron chi connectivity index (χ4n) is 2.29. The number of hydrogen-bond donors (Lipinski definition) is 1. The van der Waals surface area contributed by atoms with Crippen molar-refractivity contribution >= 4 is 28.3 Å². The summed E-state index contributed by atoms with van der Waals surface area (Å²) in [5, 5.41) is 4.95. The maximum absolute atomic E-state index is 12.1. The second-order valence-corrected chi connectivity index (χ2v) is 5.79. The summed E-state index contributed by atoms with van der Waals surface area (Å²) in [7, 11) is 0. The molecule has 0 aliphatic heterocycles. The van der Waals surface area contributed by atoms with Gasteiger partial charge in [-0.2, -0.15) is 0 Å². The lowest BCUT2D eigenvalue weighted by molar-refractivity contribution is -0.121. The van der Waals surface area contributed by atoms with E-state index in [0.29, 0.717) is 13.1 Å². The predicted molar refractivity (Wildman–Crippen MR) is 86.3 cm³/mol. The number of benzene rings is 1. The Morgan fingerprint density at radius 3 is 2.90 bits per heavy atom. The standard InChI is InChI=1S/C16H17N3OS/c1-2-9-17-15(20)11-19-13-7-4-3-6-12(13)18-16(19)14-8-5-10-21-14/h3-8,10H,2,9,11H2,1H3,(H,17,20). The van der Waals surface area contributed by atoms with E-state index in [9.17, 15) is 4.79 Å². The minimum absolute atomic E-state index is 0.0257. The maximum atomic E-state index is 12.1. The maximum Gasteiger partial charge on any atom is 0.240 e. The van der Waals surface area contributed by atoms with Crippen molar-refractivity contribution < 1.29 is 4.79 Å². The van der Waals surface area contributed by atoms with Crippen LogP contribution in [-0.2, 0) is 11.3 Å². The van der Waals surface area contributed by atoms with Gasteiger partial charge in [-0.1, -0.05) is 25.1 Å². The first kappa shape index (κ1) is 13.8. The molecule has 0 spiro atoms. The van der Waals surface area contributed by atoms with Crippen molar-refractivity contribution in [3.8, 4) is 10.7 Å². The highest BCUT2D eigenvalue weighted by molar-refractivity contribution is 7.13. The van der Waals surface area contributed by atoms with Gasteiger partial charge in [-0.05, 0) is 30.0 Å². The van der Waals surface area contributed by atoms with E-state index in [2.05, 4.69) is 10.3 Å². The van der Waals surface area contributed by atoms with E-state index in [-0.39, 0.29) is 5.91 Å². The van der Waals surface area contributed by atoms with Crippen molar-refractivity contribution in [2.75, 3.05) is 6.54 Å². The second kappa shape index (κ2) is 6.10.